The van der Waals surface area contributed by atoms with E-state index in [0.29, 0.717) is 10.5 Å². The molecule has 0 saturated carbocycles. The molecule has 0 unspecified atom stereocenters. The molecule has 8 heteroatoms. The van der Waals surface area contributed by atoms with Gasteiger partial charge in [0.25, 0.3) is 11.7 Å². The van der Waals surface area contributed by atoms with Gasteiger partial charge in [0, 0.05) is 0 Å². The molecule has 0 radical (unpaired) electrons. The number of amides is 1. The van der Waals surface area contributed by atoms with Crippen LogP contribution in [0.1, 0.15) is 15.9 Å². The van der Waals surface area contributed by atoms with E-state index in [1.54, 1.807) is 19.1 Å². The molecule has 1 amide bonds. The average Bonchev–Trinajstić information content (AvgIpc) is 2.43. The number of carbonyl (C=O) groups excluding carboxylic acids is 2. The molecule has 0 aliphatic carbocycles. The third-order valence-electron chi connectivity index (χ3n) is 2.58. The van der Waals surface area contributed by atoms with Crippen molar-refractivity contribution >= 4 is 24.4 Å². The fraction of sp³-hybridized carbons (Fsp3) is 0.200. The Hall–Kier alpha value is -0.149. The predicted molar refractivity (Wildman–Crippen MR) is 56.9 cm³/mol. The molecule has 0 atom stereocenters. The Bertz CT molecular complexity index is 518. The molecule has 90 valence electrons. The number of hydrogen-bond donors (Lipinski definition) is 0. The van der Waals surface area contributed by atoms with Crippen molar-refractivity contribution < 1.29 is 73.9 Å². The van der Waals surface area contributed by atoms with Crippen molar-refractivity contribution in [1.82, 2.24) is 0 Å². The maximum absolute atomic E-state index is 12.4. The van der Waals surface area contributed by atoms with Gasteiger partial charge in [-0.05, 0) is 25.0 Å². The fourth-order valence-electron chi connectivity index (χ4n) is 1.92. The largest absolute Gasteiger partial charge is 1.00 e. The Morgan fingerprint density at radius 3 is 2.39 bits per heavy atom. The number of Topliss-reactive ketones (excluding diaryl/α,β-unsaturated/α-hetero) is 1. The van der Waals surface area contributed by atoms with Crippen LogP contribution in [0.2, 0.25) is 0 Å². The van der Waals surface area contributed by atoms with Crippen molar-refractivity contribution in [3.05, 3.63) is 29.3 Å². The minimum Gasteiger partial charge on any atom is -0.448 e. The number of hydrogen-bond acceptors (Lipinski definition) is 2. The summed E-state index contributed by atoms with van der Waals surface area (Å²) in [5, 5.41) is 0. The minimum absolute atomic E-state index is 0. The molecule has 1 aromatic carbocycles. The van der Waals surface area contributed by atoms with Crippen LogP contribution in [0, 0.1) is 6.92 Å². The summed E-state index contributed by atoms with van der Waals surface area (Å²) in [5.41, 5.74) is 0.624. The molecular weight excluding hydrogens is 273 g/mol. The smallest absolute Gasteiger partial charge is 0.448 e. The first kappa shape index (κ1) is 15.9. The first-order chi connectivity index (χ1) is 7.81. The maximum Gasteiger partial charge on any atom is 1.00 e. The number of nitrogens with zero attached hydrogens (tertiary/aromatic N) is 1. The van der Waals surface area contributed by atoms with Crippen molar-refractivity contribution in [2.24, 2.45) is 0 Å². The van der Waals surface area contributed by atoms with Gasteiger partial charge in [-0.2, -0.15) is 0 Å². The van der Waals surface area contributed by atoms with E-state index in [1.165, 1.54) is 6.07 Å². The Kier molecular flexibility index (Phi) is 4.82. The second-order valence-corrected chi connectivity index (χ2v) is 3.93. The maximum atomic E-state index is 12.4. The Morgan fingerprint density at radius 2 is 1.83 bits per heavy atom. The van der Waals surface area contributed by atoms with Crippen LogP contribution in [0.25, 0.3) is 0 Å². The quantitative estimate of drug-likeness (QED) is 0.510. The summed E-state index contributed by atoms with van der Waals surface area (Å²) in [5.74, 6) is -1.97. The molecule has 1 aliphatic rings. The minimum atomic E-state index is -5.16. The van der Waals surface area contributed by atoms with E-state index in [4.69, 9.17) is 0 Å². The third-order valence-corrected chi connectivity index (χ3v) is 2.58. The molecular formula is C10H8BF3KNO2. The number of benzene rings is 1. The second kappa shape index (κ2) is 5.46. The Morgan fingerprint density at radius 1 is 1.22 bits per heavy atom. The number of para-hydroxylation sites is 1. The van der Waals surface area contributed by atoms with Crippen LogP contribution in [0.5, 0.6) is 0 Å². The molecule has 3 nitrogen and oxygen atoms in total. The zero-order valence-electron chi connectivity index (χ0n) is 9.91. The number of rotatable bonds is 2. The van der Waals surface area contributed by atoms with Gasteiger partial charge >= 0.3 is 58.4 Å². The molecule has 18 heavy (non-hydrogen) atoms. The summed E-state index contributed by atoms with van der Waals surface area (Å²) in [6.07, 6.45) is -1.37. The van der Waals surface area contributed by atoms with Gasteiger partial charge < -0.3 is 17.8 Å². The van der Waals surface area contributed by atoms with Crippen LogP contribution in [-0.2, 0) is 4.79 Å². The van der Waals surface area contributed by atoms with E-state index < -0.39 is 25.1 Å². The van der Waals surface area contributed by atoms with Crippen molar-refractivity contribution in [2.45, 2.75) is 6.92 Å². The first-order valence-corrected chi connectivity index (χ1v) is 4.98. The van der Waals surface area contributed by atoms with Crippen LogP contribution in [0.3, 0.4) is 0 Å². The van der Waals surface area contributed by atoms with Crippen LogP contribution >= 0.6 is 0 Å². The zero-order valence-corrected chi connectivity index (χ0v) is 13.0. The van der Waals surface area contributed by atoms with Crippen molar-refractivity contribution in [1.29, 1.82) is 0 Å². The summed E-state index contributed by atoms with van der Waals surface area (Å²) in [7, 11) is 0. The van der Waals surface area contributed by atoms with E-state index in [9.17, 15) is 22.5 Å². The molecule has 1 aliphatic heterocycles. The number of halogens is 3. The van der Waals surface area contributed by atoms with Gasteiger partial charge in [0.05, 0.1) is 11.3 Å². The molecule has 0 spiro atoms. The average molecular weight is 281 g/mol. The molecule has 0 fully saturated rings. The normalized spacial score (nSPS) is 14.6. The van der Waals surface area contributed by atoms with Gasteiger partial charge in [-0.25, -0.2) is 0 Å². The molecule has 1 heterocycles. The number of ketones is 1. The van der Waals surface area contributed by atoms with Crippen molar-refractivity contribution in [3.8, 4) is 0 Å². The van der Waals surface area contributed by atoms with Crippen LogP contribution in [-0.4, -0.2) is 25.1 Å². The number of anilines is 1. The summed E-state index contributed by atoms with van der Waals surface area (Å²) >= 11 is 0. The number of fused-ring (bicyclic) bond motifs is 1. The van der Waals surface area contributed by atoms with Crippen molar-refractivity contribution in [2.75, 3.05) is 11.3 Å². The molecule has 1 aromatic rings. The molecule has 0 N–H and O–H groups in total. The van der Waals surface area contributed by atoms with Crippen LogP contribution < -0.4 is 56.3 Å². The zero-order chi connectivity index (χ0) is 12.8. The van der Waals surface area contributed by atoms with E-state index in [2.05, 4.69) is 0 Å². The molecule has 2 rings (SSSR count). The summed E-state index contributed by atoms with van der Waals surface area (Å²) in [6, 6.07) is 4.48. The SMILES string of the molecule is Cc1cccc2c1N(C[B-](F)(F)F)C(=O)C2=O.[K+]. The summed E-state index contributed by atoms with van der Waals surface area (Å²) < 4.78 is 37.2. The van der Waals surface area contributed by atoms with Gasteiger partial charge in [-0.3, -0.25) is 9.59 Å². The Labute approximate surface area is 144 Å². The van der Waals surface area contributed by atoms with E-state index in [0.717, 1.165) is 0 Å². The van der Waals surface area contributed by atoms with E-state index in [1.807, 2.05) is 0 Å². The topological polar surface area (TPSA) is 37.4 Å². The number of aryl methyl sites for hydroxylation is 1. The third kappa shape index (κ3) is 2.88. The molecule has 0 bridgehead atoms. The molecule has 0 saturated heterocycles. The van der Waals surface area contributed by atoms with Crippen molar-refractivity contribution in [3.63, 3.8) is 0 Å². The predicted octanol–water partition coefficient (Wildman–Crippen LogP) is -1.09. The van der Waals surface area contributed by atoms with Crippen LogP contribution in [0.15, 0.2) is 18.2 Å². The monoisotopic (exact) mass is 281 g/mol. The van der Waals surface area contributed by atoms with Gasteiger partial charge in [0.15, 0.2) is 0 Å². The van der Waals surface area contributed by atoms with Gasteiger partial charge in [-0.1, -0.05) is 12.1 Å². The van der Waals surface area contributed by atoms with E-state index >= 15 is 0 Å². The molecule has 0 aromatic heterocycles. The van der Waals surface area contributed by atoms with Gasteiger partial charge in [0.1, 0.15) is 0 Å². The summed E-state index contributed by atoms with van der Waals surface area (Å²) in [4.78, 5) is 23.5. The van der Waals surface area contributed by atoms with Gasteiger partial charge in [0.2, 0.25) is 0 Å². The summed E-state index contributed by atoms with van der Waals surface area (Å²) in [6.45, 7) is -3.59. The van der Waals surface area contributed by atoms with E-state index in [-0.39, 0.29) is 62.6 Å². The first-order valence-electron chi connectivity index (χ1n) is 4.98. The second-order valence-electron chi connectivity index (χ2n) is 3.93. The number of carbonyl (C=O) groups is 2. The Balaban J connectivity index is 0.00000162. The fourth-order valence-corrected chi connectivity index (χ4v) is 1.92. The van der Waals surface area contributed by atoms with Crippen LogP contribution in [0.4, 0.5) is 18.6 Å². The standard InChI is InChI=1S/C10H8BF3NO2.K/c1-6-3-2-4-7-8(6)15(5-11(12,13)14)10(17)9(7)16;/h2-4H,5H2,1H3;/q-1;+1. The van der Waals surface area contributed by atoms with Gasteiger partial charge in [-0.15, -0.1) is 0 Å².